The van der Waals surface area contributed by atoms with E-state index in [2.05, 4.69) is 32.7 Å². The van der Waals surface area contributed by atoms with Gasteiger partial charge in [0.25, 0.3) is 0 Å². The minimum atomic E-state index is 0.0675. The van der Waals surface area contributed by atoms with Crippen molar-refractivity contribution in [2.75, 3.05) is 0 Å². The Hall–Kier alpha value is 0.177. The number of rotatable bonds is 2. The maximum atomic E-state index is 3.51. The van der Waals surface area contributed by atoms with Crippen molar-refractivity contribution in [1.29, 1.82) is 0 Å². The van der Waals surface area contributed by atoms with E-state index in [0.29, 0.717) is 5.54 Å². The van der Waals surface area contributed by atoms with Gasteiger partial charge in [-0.2, -0.15) is 0 Å². The van der Waals surface area contributed by atoms with Gasteiger partial charge in [0.05, 0.1) is 9.68 Å². The summed E-state index contributed by atoms with van der Waals surface area (Å²) in [5.74, 6) is 0. The van der Waals surface area contributed by atoms with Crippen LogP contribution in [0.1, 0.15) is 27.7 Å². The molecule has 2 heteroatoms. The number of nitrogens with one attached hydrogen (secondary N) is 1. The van der Waals surface area contributed by atoms with Crippen LogP contribution in [0.2, 0.25) is 6.04 Å². The highest BCUT2D eigenvalue weighted by atomic mass is 28.2. The topological polar surface area (TPSA) is 12.0 Å². The van der Waals surface area contributed by atoms with Gasteiger partial charge in [-0.25, -0.2) is 0 Å². The summed E-state index contributed by atoms with van der Waals surface area (Å²) in [6, 6.07) is 1.36. The van der Waals surface area contributed by atoms with E-state index in [4.69, 9.17) is 0 Å². The van der Waals surface area contributed by atoms with Gasteiger partial charge in [0.1, 0.15) is 0 Å². The van der Waals surface area contributed by atoms with Crippen molar-refractivity contribution >= 4 is 9.68 Å². The van der Waals surface area contributed by atoms with Crippen molar-refractivity contribution in [3.63, 3.8) is 0 Å². The van der Waals surface area contributed by atoms with Crippen LogP contribution in [0.3, 0.4) is 0 Å². The zero-order valence-corrected chi connectivity index (χ0v) is 7.83. The molecule has 0 aliphatic rings. The van der Waals surface area contributed by atoms with Gasteiger partial charge in [-0.15, -0.1) is 0 Å². The molecule has 0 heterocycles. The van der Waals surface area contributed by atoms with Gasteiger partial charge in [-0.05, 0) is 20.8 Å². The summed E-state index contributed by atoms with van der Waals surface area (Å²) in [4.78, 5) is 3.51. The van der Waals surface area contributed by atoms with E-state index in [-0.39, 0.29) is 9.68 Å². The summed E-state index contributed by atoms with van der Waals surface area (Å²) in [5, 5.41) is 0. The molecule has 0 aromatic carbocycles. The molecule has 0 saturated heterocycles. The van der Waals surface area contributed by atoms with E-state index in [1.165, 1.54) is 6.04 Å². The predicted octanol–water partition coefficient (Wildman–Crippen LogP) is 0.896. The average Bonchev–Trinajstić information content (AvgIpc) is 1.59. The minimum Gasteiger partial charge on any atom is -0.338 e. The Kier molecular flexibility index (Phi) is 3.32. The second-order valence-corrected chi connectivity index (χ2v) is 5.03. The van der Waals surface area contributed by atoms with Gasteiger partial charge in [0.15, 0.2) is 0 Å². The highest BCUT2D eigenvalue weighted by molar-refractivity contribution is 6.32. The Morgan fingerprint density at radius 2 is 1.88 bits per heavy atom. The maximum absolute atomic E-state index is 3.51. The summed E-state index contributed by atoms with van der Waals surface area (Å²) in [7, 11) is 0.0675. The van der Waals surface area contributed by atoms with Gasteiger partial charge in [0.2, 0.25) is 0 Å². The van der Waals surface area contributed by atoms with Crippen molar-refractivity contribution in [2.45, 2.75) is 39.3 Å². The molecular formula is C6H17NSi. The number of hydrogen-bond acceptors (Lipinski definition) is 1. The minimum absolute atomic E-state index is 0.0675. The highest BCUT2D eigenvalue weighted by Gasteiger charge is 2.05. The van der Waals surface area contributed by atoms with Crippen molar-refractivity contribution in [3.8, 4) is 0 Å². The summed E-state index contributed by atoms with van der Waals surface area (Å²) in [5.41, 5.74) is 0.363. The quantitative estimate of drug-likeness (QED) is 0.549. The van der Waals surface area contributed by atoms with E-state index in [9.17, 15) is 0 Å². The van der Waals surface area contributed by atoms with Crippen molar-refractivity contribution in [2.24, 2.45) is 0 Å². The van der Waals surface area contributed by atoms with Crippen LogP contribution in [0, 0.1) is 0 Å². The second-order valence-electron chi connectivity index (χ2n) is 3.18. The molecule has 0 saturated carbocycles. The molecule has 0 unspecified atom stereocenters. The molecular weight excluding hydrogens is 114 g/mol. The fourth-order valence-corrected chi connectivity index (χ4v) is 1.50. The van der Waals surface area contributed by atoms with Crippen LogP contribution in [0.4, 0.5) is 0 Å². The third-order valence-electron chi connectivity index (χ3n) is 0.905. The summed E-state index contributed by atoms with van der Waals surface area (Å²) in [6.07, 6.45) is 0. The lowest BCUT2D eigenvalue weighted by atomic mass is 10.1. The van der Waals surface area contributed by atoms with E-state index < -0.39 is 0 Å². The van der Waals surface area contributed by atoms with Crippen LogP contribution in [-0.4, -0.2) is 15.2 Å². The van der Waals surface area contributed by atoms with Gasteiger partial charge < -0.3 is 4.98 Å². The SMILES string of the molecule is CC[SiH2]NC(C)(C)C. The fourth-order valence-electron chi connectivity index (χ4n) is 0.500. The molecule has 0 aromatic heterocycles. The molecule has 8 heavy (non-hydrogen) atoms. The largest absolute Gasteiger partial charge is 0.338 e. The van der Waals surface area contributed by atoms with Crippen LogP contribution in [0.15, 0.2) is 0 Å². The Morgan fingerprint density at radius 1 is 1.38 bits per heavy atom. The van der Waals surface area contributed by atoms with Gasteiger partial charge in [-0.3, -0.25) is 0 Å². The molecule has 0 amide bonds. The smallest absolute Gasteiger partial charge is 0.0918 e. The maximum Gasteiger partial charge on any atom is 0.0918 e. The molecule has 50 valence electrons. The van der Waals surface area contributed by atoms with Crippen LogP contribution in [0.25, 0.3) is 0 Å². The van der Waals surface area contributed by atoms with E-state index in [1.807, 2.05) is 0 Å². The molecule has 0 aromatic rings. The van der Waals surface area contributed by atoms with Crippen LogP contribution in [0.5, 0.6) is 0 Å². The molecule has 0 atom stereocenters. The van der Waals surface area contributed by atoms with Gasteiger partial charge in [-0.1, -0.05) is 13.0 Å². The Morgan fingerprint density at radius 3 is 2.00 bits per heavy atom. The Labute approximate surface area is 54.8 Å². The summed E-state index contributed by atoms with van der Waals surface area (Å²) >= 11 is 0. The first-order valence-corrected chi connectivity index (χ1v) is 5.02. The first-order valence-electron chi connectivity index (χ1n) is 3.31. The highest BCUT2D eigenvalue weighted by Crippen LogP contribution is 1.96. The van der Waals surface area contributed by atoms with Crippen molar-refractivity contribution in [3.05, 3.63) is 0 Å². The van der Waals surface area contributed by atoms with Crippen LogP contribution < -0.4 is 4.98 Å². The molecule has 0 aliphatic carbocycles. The fraction of sp³-hybridized carbons (Fsp3) is 1.00. The van der Waals surface area contributed by atoms with Crippen LogP contribution >= 0.6 is 0 Å². The lowest BCUT2D eigenvalue weighted by molar-refractivity contribution is 0.523. The summed E-state index contributed by atoms with van der Waals surface area (Å²) < 4.78 is 0. The van der Waals surface area contributed by atoms with E-state index in [0.717, 1.165) is 0 Å². The van der Waals surface area contributed by atoms with Gasteiger partial charge >= 0.3 is 0 Å². The predicted molar refractivity (Wildman–Crippen MR) is 41.9 cm³/mol. The first kappa shape index (κ1) is 8.18. The van der Waals surface area contributed by atoms with Gasteiger partial charge in [0, 0.05) is 5.54 Å². The Balaban J connectivity index is 3.11. The molecule has 0 spiro atoms. The third kappa shape index (κ3) is 6.18. The molecule has 1 N–H and O–H groups in total. The first-order chi connectivity index (χ1) is 3.56. The zero-order chi connectivity index (χ0) is 6.62. The molecule has 0 bridgehead atoms. The average molecular weight is 131 g/mol. The third-order valence-corrected chi connectivity index (χ3v) is 2.72. The van der Waals surface area contributed by atoms with Crippen LogP contribution in [-0.2, 0) is 0 Å². The molecule has 0 rings (SSSR count). The van der Waals surface area contributed by atoms with Crippen molar-refractivity contribution in [1.82, 2.24) is 4.98 Å². The molecule has 0 radical (unpaired) electrons. The van der Waals surface area contributed by atoms with E-state index >= 15 is 0 Å². The summed E-state index contributed by atoms with van der Waals surface area (Å²) in [6.45, 7) is 8.89. The lowest BCUT2D eigenvalue weighted by Crippen LogP contribution is -2.38. The van der Waals surface area contributed by atoms with Crippen molar-refractivity contribution < 1.29 is 0 Å². The Bertz CT molecular complexity index is 56.0. The molecule has 0 aliphatic heterocycles. The number of hydrogen-bond donors (Lipinski definition) is 1. The van der Waals surface area contributed by atoms with E-state index in [1.54, 1.807) is 0 Å². The lowest BCUT2D eigenvalue weighted by Gasteiger charge is -2.19. The normalized spacial score (nSPS) is 13.5. The zero-order valence-electron chi connectivity index (χ0n) is 6.41. The molecule has 1 nitrogen and oxygen atoms in total. The monoisotopic (exact) mass is 131 g/mol. The second kappa shape index (κ2) is 3.25. The standard InChI is InChI=1S/C6H17NSi/c1-5-8-7-6(2,3)4/h7H,5,8H2,1-4H3. The molecule has 0 fully saturated rings.